The van der Waals surface area contributed by atoms with E-state index in [9.17, 15) is 29.1 Å². The first-order chi connectivity index (χ1) is 21.4. The van der Waals surface area contributed by atoms with Crippen LogP contribution in [0.3, 0.4) is 0 Å². The Balaban J connectivity index is 1.65. The molecule has 14 heteroatoms. The number of hydrogen-bond donors (Lipinski definition) is 1. The third-order valence-corrected chi connectivity index (χ3v) is 6.89. The molecule has 0 amide bonds. The first-order valence-electron chi connectivity index (χ1n) is 14.1. The Bertz CT molecular complexity index is 1470. The number of phenols is 1. The molecule has 5 atom stereocenters. The van der Waals surface area contributed by atoms with Crippen LogP contribution in [0, 0.1) is 0 Å². The molecule has 0 radical (unpaired) electrons. The Morgan fingerprint density at radius 2 is 1.47 bits per heavy atom. The van der Waals surface area contributed by atoms with E-state index in [1.807, 2.05) is 0 Å². The number of ether oxygens (including phenoxy) is 8. The Kier molecular flexibility index (Phi) is 10.5. The molecule has 1 fully saturated rings. The molecule has 2 aromatic rings. The minimum absolute atomic E-state index is 0.0345. The summed E-state index contributed by atoms with van der Waals surface area (Å²) in [6.45, 7) is 5.87. The average Bonchev–Trinajstić information content (AvgIpc) is 3.42. The molecular formula is C31H34O14. The van der Waals surface area contributed by atoms with Gasteiger partial charge in [0.05, 0.1) is 5.56 Å². The lowest BCUT2D eigenvalue weighted by Crippen LogP contribution is -2.63. The molecule has 0 spiro atoms. The average molecular weight is 631 g/mol. The predicted octanol–water partition coefficient (Wildman–Crippen LogP) is 2.57. The number of Topliss-reactive ketones (excluding diaryl/α,β-unsaturated/α-hetero) is 1. The second-order valence-electron chi connectivity index (χ2n) is 10.3. The molecule has 242 valence electrons. The van der Waals surface area contributed by atoms with E-state index >= 15 is 0 Å². The summed E-state index contributed by atoms with van der Waals surface area (Å²) in [6.07, 6.45) is -6.82. The lowest BCUT2D eigenvalue weighted by molar-refractivity contribution is -0.288. The minimum atomic E-state index is -1.51. The molecule has 14 nitrogen and oxygen atoms in total. The van der Waals surface area contributed by atoms with Crippen molar-refractivity contribution in [1.29, 1.82) is 0 Å². The zero-order chi connectivity index (χ0) is 32.8. The van der Waals surface area contributed by atoms with Crippen molar-refractivity contribution in [3.63, 3.8) is 0 Å². The van der Waals surface area contributed by atoms with Crippen LogP contribution in [0.4, 0.5) is 0 Å². The van der Waals surface area contributed by atoms with E-state index in [4.69, 9.17) is 37.9 Å². The highest BCUT2D eigenvalue weighted by Gasteiger charge is 2.53. The Labute approximate surface area is 258 Å². The molecule has 2 aliphatic heterocycles. The summed E-state index contributed by atoms with van der Waals surface area (Å²) in [4.78, 5) is 61.0. The van der Waals surface area contributed by atoms with Crippen LogP contribution in [0.25, 0.3) is 0 Å². The molecule has 45 heavy (non-hydrogen) atoms. The van der Waals surface area contributed by atoms with Crippen molar-refractivity contribution in [2.45, 2.75) is 78.2 Å². The molecule has 0 bridgehead atoms. The number of rotatable bonds is 11. The molecule has 0 unspecified atom stereocenters. The molecule has 1 saturated heterocycles. The number of fused-ring (bicyclic) bond motifs is 1. The molecular weight excluding hydrogens is 596 g/mol. The molecule has 2 heterocycles. The second kappa shape index (κ2) is 14.3. The van der Waals surface area contributed by atoms with Crippen LogP contribution in [0.15, 0.2) is 30.3 Å². The quantitative estimate of drug-likeness (QED) is 0.217. The lowest BCUT2D eigenvalue weighted by Gasteiger charge is -2.44. The van der Waals surface area contributed by atoms with E-state index in [-0.39, 0.29) is 48.0 Å². The van der Waals surface area contributed by atoms with E-state index in [0.29, 0.717) is 17.1 Å². The lowest BCUT2D eigenvalue weighted by atomic mass is 9.97. The van der Waals surface area contributed by atoms with Gasteiger partial charge in [-0.1, -0.05) is 13.0 Å². The minimum Gasteiger partial charge on any atom is -0.507 e. The number of esters is 4. The number of hydrogen-bond acceptors (Lipinski definition) is 14. The highest BCUT2D eigenvalue weighted by atomic mass is 16.7. The Morgan fingerprint density at radius 3 is 2.11 bits per heavy atom. The van der Waals surface area contributed by atoms with Gasteiger partial charge in [-0.3, -0.25) is 24.0 Å². The first-order valence-corrected chi connectivity index (χ1v) is 14.1. The first kappa shape index (κ1) is 33.1. The molecule has 2 aliphatic rings. The fraction of sp³-hybridized carbons (Fsp3) is 0.452. The van der Waals surface area contributed by atoms with Gasteiger partial charge in [0, 0.05) is 39.7 Å². The van der Waals surface area contributed by atoms with Crippen molar-refractivity contribution in [3.05, 3.63) is 47.0 Å². The monoisotopic (exact) mass is 630 g/mol. The molecule has 1 N–H and O–H groups in total. The molecule has 0 aliphatic carbocycles. The van der Waals surface area contributed by atoms with E-state index in [1.54, 1.807) is 25.1 Å². The Hall–Kier alpha value is -4.85. The summed E-state index contributed by atoms with van der Waals surface area (Å²) >= 11 is 0. The van der Waals surface area contributed by atoms with Gasteiger partial charge in [-0.2, -0.15) is 0 Å². The van der Waals surface area contributed by atoms with Crippen LogP contribution in [-0.4, -0.2) is 78.9 Å². The van der Waals surface area contributed by atoms with Crippen molar-refractivity contribution in [1.82, 2.24) is 0 Å². The number of carbonyl (C=O) groups is 5. The van der Waals surface area contributed by atoms with Crippen LogP contribution in [0.2, 0.25) is 0 Å². The fourth-order valence-electron chi connectivity index (χ4n) is 5.04. The van der Waals surface area contributed by atoms with Gasteiger partial charge in [-0.05, 0) is 36.2 Å². The normalized spacial score (nSPS) is 21.8. The summed E-state index contributed by atoms with van der Waals surface area (Å²) in [5.41, 5.74) is 0.928. The van der Waals surface area contributed by atoms with E-state index in [2.05, 4.69) is 0 Å². The maximum absolute atomic E-state index is 13.2. The maximum Gasteiger partial charge on any atom is 0.303 e. The van der Waals surface area contributed by atoms with Crippen LogP contribution in [0.5, 0.6) is 23.0 Å². The molecule has 4 rings (SSSR count). The van der Waals surface area contributed by atoms with Gasteiger partial charge in [0.15, 0.2) is 29.5 Å². The zero-order valence-electron chi connectivity index (χ0n) is 25.4. The number of aromatic hydroxyl groups is 1. The van der Waals surface area contributed by atoms with Gasteiger partial charge in [0.1, 0.15) is 24.2 Å². The maximum atomic E-state index is 13.2. The molecule has 2 aromatic carbocycles. The summed E-state index contributed by atoms with van der Waals surface area (Å²) in [5.74, 6) is -2.56. The van der Waals surface area contributed by atoms with Gasteiger partial charge in [-0.15, -0.1) is 0 Å². The fourth-order valence-corrected chi connectivity index (χ4v) is 5.04. The van der Waals surface area contributed by atoms with Crippen LogP contribution >= 0.6 is 0 Å². The second-order valence-corrected chi connectivity index (χ2v) is 10.3. The number of ketones is 1. The SMILES string of the molecule is CCc1c(O[C@H]2O[C@H](COC(C)=O)[C@@H](OC(C)=O)[C@@H](OC(C)=O)[C@@H]2OC(C)=O)ccc(C(=O)Cc2ccc3c(c2)OCO3)c1O. The number of carbonyl (C=O) groups excluding carboxylic acids is 5. The summed E-state index contributed by atoms with van der Waals surface area (Å²) in [5, 5.41) is 11.2. The van der Waals surface area contributed by atoms with Crippen LogP contribution < -0.4 is 14.2 Å². The van der Waals surface area contributed by atoms with E-state index in [1.165, 1.54) is 12.1 Å². The van der Waals surface area contributed by atoms with Crippen molar-refractivity contribution in [2.24, 2.45) is 0 Å². The van der Waals surface area contributed by atoms with Gasteiger partial charge < -0.3 is 43.0 Å². The van der Waals surface area contributed by atoms with Crippen LogP contribution in [-0.2, 0) is 55.7 Å². The number of phenolic OH excluding ortho intramolecular Hbond substituents is 1. The predicted molar refractivity (Wildman–Crippen MR) is 151 cm³/mol. The smallest absolute Gasteiger partial charge is 0.303 e. The standard InChI is InChI=1S/C31H34O14/c1-6-20-23(10-8-21(27(20)37)22(36)11-19-7-9-24-25(12-19)40-14-39-24)44-31-30(43-18(5)35)29(42-17(4)34)28(41-16(3)33)26(45-31)13-38-15(2)32/h7-10,12,26,28-31,37H,6,11,13-14H2,1-5H3/t26-,28-,29-,30+,31+/m1/s1. The van der Waals surface area contributed by atoms with Crippen molar-refractivity contribution in [2.75, 3.05) is 13.4 Å². The van der Waals surface area contributed by atoms with Crippen LogP contribution in [0.1, 0.15) is 56.1 Å². The van der Waals surface area contributed by atoms with Crippen molar-refractivity contribution in [3.8, 4) is 23.0 Å². The van der Waals surface area contributed by atoms with Crippen molar-refractivity contribution >= 4 is 29.7 Å². The third kappa shape index (κ3) is 8.01. The van der Waals surface area contributed by atoms with Gasteiger partial charge in [0.2, 0.25) is 19.2 Å². The van der Waals surface area contributed by atoms with E-state index < -0.39 is 61.2 Å². The number of benzene rings is 2. The Morgan fingerprint density at radius 1 is 0.822 bits per heavy atom. The highest BCUT2D eigenvalue weighted by molar-refractivity contribution is 6.00. The summed E-state index contributed by atoms with van der Waals surface area (Å²) < 4.78 is 44.1. The highest BCUT2D eigenvalue weighted by Crippen LogP contribution is 2.37. The molecule has 0 saturated carbocycles. The topological polar surface area (TPSA) is 179 Å². The van der Waals surface area contributed by atoms with Gasteiger partial charge in [-0.25, -0.2) is 0 Å². The zero-order valence-corrected chi connectivity index (χ0v) is 25.4. The largest absolute Gasteiger partial charge is 0.507 e. The van der Waals surface area contributed by atoms with Gasteiger partial charge >= 0.3 is 23.9 Å². The molecule has 0 aromatic heterocycles. The summed E-state index contributed by atoms with van der Waals surface area (Å²) in [6, 6.07) is 7.95. The van der Waals surface area contributed by atoms with E-state index in [0.717, 1.165) is 27.7 Å². The van der Waals surface area contributed by atoms with Gasteiger partial charge in [0.25, 0.3) is 0 Å². The van der Waals surface area contributed by atoms with Crippen molar-refractivity contribution < 1.29 is 67.0 Å². The third-order valence-electron chi connectivity index (χ3n) is 6.89. The summed E-state index contributed by atoms with van der Waals surface area (Å²) in [7, 11) is 0.